The molecule has 28 heavy (non-hydrogen) atoms. The number of aromatic nitrogens is 1. The maximum atomic E-state index is 12.2. The third kappa shape index (κ3) is 4.67. The second kappa shape index (κ2) is 9.02. The van der Waals surface area contributed by atoms with E-state index in [9.17, 15) is 4.79 Å². The highest BCUT2D eigenvalue weighted by molar-refractivity contribution is 7.14. The number of rotatable bonds is 7. The molecule has 0 spiro atoms. The fourth-order valence-electron chi connectivity index (χ4n) is 2.65. The van der Waals surface area contributed by atoms with E-state index in [4.69, 9.17) is 14.7 Å². The zero-order valence-electron chi connectivity index (χ0n) is 15.6. The molecule has 2 aromatic carbocycles. The minimum Gasteiger partial charge on any atom is -0.497 e. The number of methoxy groups -OCH3 is 2. The summed E-state index contributed by atoms with van der Waals surface area (Å²) in [5.74, 6) is 1.28. The number of carbonyl (C=O) groups excluding carboxylic acids is 1. The summed E-state index contributed by atoms with van der Waals surface area (Å²) in [6.07, 6.45) is 0.933. The number of amides is 1. The van der Waals surface area contributed by atoms with Gasteiger partial charge in [-0.15, -0.1) is 11.3 Å². The number of thiazole rings is 1. The van der Waals surface area contributed by atoms with Crippen LogP contribution in [0.1, 0.15) is 17.5 Å². The van der Waals surface area contributed by atoms with Gasteiger partial charge in [-0.05, 0) is 42.3 Å². The molecule has 1 N–H and O–H groups in total. The van der Waals surface area contributed by atoms with Gasteiger partial charge in [-0.1, -0.05) is 12.1 Å². The fourth-order valence-corrected chi connectivity index (χ4v) is 3.38. The molecule has 1 amide bonds. The molecule has 0 aliphatic rings. The van der Waals surface area contributed by atoms with Crippen molar-refractivity contribution in [2.45, 2.75) is 12.8 Å². The molecule has 0 atom stereocenters. The number of nitrogens with one attached hydrogen (secondary N) is 1. The second-order valence-corrected chi connectivity index (χ2v) is 6.82. The molecule has 0 aliphatic carbocycles. The molecule has 0 unspecified atom stereocenters. The van der Waals surface area contributed by atoms with Crippen LogP contribution in [0.15, 0.2) is 47.8 Å². The van der Waals surface area contributed by atoms with E-state index in [2.05, 4.69) is 16.4 Å². The van der Waals surface area contributed by atoms with Crippen LogP contribution in [0.25, 0.3) is 11.3 Å². The smallest absolute Gasteiger partial charge is 0.226 e. The maximum absolute atomic E-state index is 12.2. The van der Waals surface area contributed by atoms with Crippen molar-refractivity contribution in [2.75, 3.05) is 19.5 Å². The van der Waals surface area contributed by atoms with Crippen LogP contribution in [-0.4, -0.2) is 25.1 Å². The molecule has 0 aliphatic heterocycles. The number of hydrogen-bond donors (Lipinski definition) is 1. The molecular formula is C21H19N3O3S. The fraction of sp³-hybridized carbons (Fsp3) is 0.190. The van der Waals surface area contributed by atoms with Gasteiger partial charge in [0.2, 0.25) is 5.91 Å². The van der Waals surface area contributed by atoms with Crippen LogP contribution < -0.4 is 14.8 Å². The first-order valence-corrected chi connectivity index (χ1v) is 9.47. The summed E-state index contributed by atoms with van der Waals surface area (Å²) in [5.41, 5.74) is 3.13. The number of anilines is 1. The molecule has 7 heteroatoms. The van der Waals surface area contributed by atoms with Gasteiger partial charge >= 0.3 is 0 Å². The van der Waals surface area contributed by atoms with E-state index in [1.807, 2.05) is 35.7 Å². The standard InChI is InChI=1S/C21H19N3O3S/c1-26-16-8-9-19(27-2)17(11-16)18-13-28-21(23-18)24-20(25)10-7-14-3-5-15(12-22)6-4-14/h3-6,8-9,11,13H,7,10H2,1-2H3,(H,23,24,25). The summed E-state index contributed by atoms with van der Waals surface area (Å²) in [6.45, 7) is 0. The molecule has 0 saturated carbocycles. The highest BCUT2D eigenvalue weighted by Gasteiger charge is 2.13. The van der Waals surface area contributed by atoms with Gasteiger partial charge in [-0.2, -0.15) is 5.26 Å². The number of ether oxygens (including phenoxy) is 2. The summed E-state index contributed by atoms with van der Waals surface area (Å²) in [4.78, 5) is 16.7. The number of nitrogens with zero attached hydrogens (tertiary/aromatic N) is 2. The quantitative estimate of drug-likeness (QED) is 0.648. The van der Waals surface area contributed by atoms with E-state index in [1.54, 1.807) is 26.4 Å². The van der Waals surface area contributed by atoms with Crippen LogP contribution in [0.2, 0.25) is 0 Å². The molecule has 6 nitrogen and oxygen atoms in total. The van der Waals surface area contributed by atoms with Crippen LogP contribution in [0.4, 0.5) is 5.13 Å². The SMILES string of the molecule is COc1ccc(OC)c(-c2csc(NC(=O)CCc3ccc(C#N)cc3)n2)c1. The molecule has 0 radical (unpaired) electrons. The Morgan fingerprint density at radius 2 is 1.96 bits per heavy atom. The first-order chi connectivity index (χ1) is 13.6. The molecule has 0 saturated heterocycles. The summed E-state index contributed by atoms with van der Waals surface area (Å²) in [5, 5.41) is 14.1. The molecule has 0 bridgehead atoms. The maximum Gasteiger partial charge on any atom is 0.226 e. The van der Waals surface area contributed by atoms with Gasteiger partial charge in [0.1, 0.15) is 11.5 Å². The molecule has 3 aromatic rings. The number of hydrogen-bond acceptors (Lipinski definition) is 6. The van der Waals surface area contributed by atoms with Crippen LogP contribution in [0.5, 0.6) is 11.5 Å². The Labute approximate surface area is 167 Å². The summed E-state index contributed by atoms with van der Waals surface area (Å²) >= 11 is 1.36. The second-order valence-electron chi connectivity index (χ2n) is 5.96. The zero-order chi connectivity index (χ0) is 19.9. The van der Waals surface area contributed by atoms with Gasteiger partial charge in [-0.25, -0.2) is 4.98 Å². The van der Waals surface area contributed by atoms with Crippen molar-refractivity contribution in [1.29, 1.82) is 5.26 Å². The first-order valence-electron chi connectivity index (χ1n) is 8.59. The van der Waals surface area contributed by atoms with E-state index in [-0.39, 0.29) is 5.91 Å². The summed E-state index contributed by atoms with van der Waals surface area (Å²) < 4.78 is 10.7. The number of aryl methyl sites for hydroxylation is 1. The predicted molar refractivity (Wildman–Crippen MR) is 109 cm³/mol. The van der Waals surface area contributed by atoms with E-state index in [0.29, 0.717) is 40.7 Å². The normalized spacial score (nSPS) is 10.2. The van der Waals surface area contributed by atoms with Gasteiger partial charge in [-0.3, -0.25) is 4.79 Å². The highest BCUT2D eigenvalue weighted by Crippen LogP contribution is 2.35. The Bertz CT molecular complexity index is 1010. The monoisotopic (exact) mass is 393 g/mol. The summed E-state index contributed by atoms with van der Waals surface area (Å²) in [7, 11) is 3.20. The van der Waals surface area contributed by atoms with Gasteiger partial charge in [0.25, 0.3) is 0 Å². The van der Waals surface area contributed by atoms with Crippen LogP contribution in [0, 0.1) is 11.3 Å². The van der Waals surface area contributed by atoms with Crippen molar-refractivity contribution in [3.8, 4) is 28.8 Å². The predicted octanol–water partition coefficient (Wildman–Crippen LogP) is 4.27. The third-order valence-electron chi connectivity index (χ3n) is 4.16. The number of benzene rings is 2. The van der Waals surface area contributed by atoms with Crippen molar-refractivity contribution >= 4 is 22.4 Å². The number of carbonyl (C=O) groups is 1. The van der Waals surface area contributed by atoms with E-state index >= 15 is 0 Å². The lowest BCUT2D eigenvalue weighted by molar-refractivity contribution is -0.116. The molecule has 1 heterocycles. The highest BCUT2D eigenvalue weighted by atomic mass is 32.1. The zero-order valence-corrected chi connectivity index (χ0v) is 16.4. The molecule has 3 rings (SSSR count). The lowest BCUT2D eigenvalue weighted by atomic mass is 10.1. The lowest BCUT2D eigenvalue weighted by Gasteiger charge is -2.08. The minimum atomic E-state index is -0.108. The van der Waals surface area contributed by atoms with E-state index in [1.165, 1.54) is 11.3 Å². The van der Waals surface area contributed by atoms with Crippen molar-refractivity contribution in [2.24, 2.45) is 0 Å². The van der Waals surface area contributed by atoms with Gasteiger partial charge < -0.3 is 14.8 Å². The van der Waals surface area contributed by atoms with Crippen LogP contribution in [0.3, 0.4) is 0 Å². The van der Waals surface area contributed by atoms with E-state index < -0.39 is 0 Å². The Morgan fingerprint density at radius 3 is 2.64 bits per heavy atom. The largest absolute Gasteiger partial charge is 0.497 e. The first kappa shape index (κ1) is 19.4. The lowest BCUT2D eigenvalue weighted by Crippen LogP contribution is -2.12. The third-order valence-corrected chi connectivity index (χ3v) is 4.91. The van der Waals surface area contributed by atoms with Gasteiger partial charge in [0, 0.05) is 17.4 Å². The topological polar surface area (TPSA) is 84.2 Å². The Balaban J connectivity index is 1.64. The van der Waals surface area contributed by atoms with Gasteiger partial charge in [0.05, 0.1) is 31.5 Å². The molecular weight excluding hydrogens is 374 g/mol. The average Bonchev–Trinajstić information content (AvgIpc) is 3.20. The molecule has 0 fully saturated rings. The van der Waals surface area contributed by atoms with Crippen LogP contribution >= 0.6 is 11.3 Å². The van der Waals surface area contributed by atoms with Gasteiger partial charge in [0.15, 0.2) is 5.13 Å². The Hall–Kier alpha value is -3.37. The van der Waals surface area contributed by atoms with Crippen molar-refractivity contribution in [1.82, 2.24) is 4.98 Å². The Morgan fingerprint density at radius 1 is 1.18 bits per heavy atom. The number of nitriles is 1. The van der Waals surface area contributed by atoms with Crippen molar-refractivity contribution < 1.29 is 14.3 Å². The minimum absolute atomic E-state index is 0.108. The van der Waals surface area contributed by atoms with E-state index in [0.717, 1.165) is 11.1 Å². The van der Waals surface area contributed by atoms with Crippen molar-refractivity contribution in [3.05, 3.63) is 59.0 Å². The Kier molecular flexibility index (Phi) is 6.25. The molecule has 1 aromatic heterocycles. The molecule has 142 valence electrons. The van der Waals surface area contributed by atoms with Crippen molar-refractivity contribution in [3.63, 3.8) is 0 Å². The average molecular weight is 393 g/mol. The summed E-state index contributed by atoms with van der Waals surface area (Å²) in [6, 6.07) is 14.8. The van der Waals surface area contributed by atoms with Crippen LogP contribution in [-0.2, 0) is 11.2 Å².